The van der Waals surface area contributed by atoms with Crippen molar-refractivity contribution in [2.45, 2.75) is 32.6 Å². The van der Waals surface area contributed by atoms with Gasteiger partial charge in [-0.2, -0.15) is 0 Å². The summed E-state index contributed by atoms with van der Waals surface area (Å²) in [6.07, 6.45) is 0. The Hall–Kier alpha value is -2.74. The minimum absolute atomic E-state index is 0.0608. The van der Waals surface area contributed by atoms with E-state index in [9.17, 15) is 13.2 Å². The molecule has 0 radical (unpaired) electrons. The Labute approximate surface area is 178 Å². The van der Waals surface area contributed by atoms with E-state index in [2.05, 4.69) is 4.72 Å². The second kappa shape index (κ2) is 8.18. The summed E-state index contributed by atoms with van der Waals surface area (Å²) in [5, 5.41) is 0. The maximum Gasteiger partial charge on any atom is 0.261 e. The fourth-order valence-corrected chi connectivity index (χ4v) is 4.10. The van der Waals surface area contributed by atoms with E-state index in [0.29, 0.717) is 35.4 Å². The van der Waals surface area contributed by atoms with Crippen LogP contribution in [0.2, 0.25) is 0 Å². The van der Waals surface area contributed by atoms with Gasteiger partial charge in [0.1, 0.15) is 18.1 Å². The van der Waals surface area contributed by atoms with E-state index in [1.807, 2.05) is 27.7 Å². The van der Waals surface area contributed by atoms with Crippen LogP contribution in [0, 0.1) is 11.3 Å². The molecule has 7 nitrogen and oxygen atoms in total. The van der Waals surface area contributed by atoms with Crippen LogP contribution in [0.1, 0.15) is 27.7 Å². The number of nitrogens with one attached hydrogen (secondary N) is 1. The van der Waals surface area contributed by atoms with Crippen molar-refractivity contribution >= 4 is 27.3 Å². The predicted octanol–water partition coefficient (Wildman–Crippen LogP) is 3.90. The van der Waals surface area contributed by atoms with Gasteiger partial charge in [-0.05, 0) is 56.2 Å². The molecule has 2 aromatic carbocycles. The SMILES string of the molecule is CC(C)COc1ccc(S(=O)(=O)Nc2ccc3c(c2)OCC(C)(C)C(=O)N3C)cc1. The van der Waals surface area contributed by atoms with Crippen LogP contribution in [-0.4, -0.2) is 34.6 Å². The fourth-order valence-electron chi connectivity index (χ4n) is 3.05. The zero-order valence-electron chi connectivity index (χ0n) is 17.9. The Kier molecular flexibility index (Phi) is 5.99. The molecule has 162 valence electrons. The number of hydrogen-bond acceptors (Lipinski definition) is 5. The second-order valence-electron chi connectivity index (χ2n) is 8.50. The van der Waals surface area contributed by atoms with Crippen LogP contribution < -0.4 is 19.1 Å². The first-order chi connectivity index (χ1) is 14.0. The summed E-state index contributed by atoms with van der Waals surface area (Å²) in [4.78, 5) is 14.2. The van der Waals surface area contributed by atoms with Crippen molar-refractivity contribution in [2.24, 2.45) is 11.3 Å². The number of carbonyl (C=O) groups is 1. The number of hydrogen-bond donors (Lipinski definition) is 1. The standard InChI is InChI=1S/C22H28N2O5S/c1-15(2)13-28-17-7-9-18(10-8-17)30(26,27)23-16-6-11-19-20(12-16)29-14-22(3,4)21(25)24(19)5/h6-12,15,23H,13-14H2,1-5H3. The molecule has 8 heteroatoms. The molecular weight excluding hydrogens is 404 g/mol. The van der Waals surface area contributed by atoms with E-state index < -0.39 is 15.4 Å². The van der Waals surface area contributed by atoms with Gasteiger partial charge in [-0.1, -0.05) is 13.8 Å². The average Bonchev–Trinajstić information content (AvgIpc) is 2.77. The Morgan fingerprint density at radius 3 is 2.47 bits per heavy atom. The third kappa shape index (κ3) is 4.70. The van der Waals surface area contributed by atoms with Crippen LogP contribution in [0.25, 0.3) is 0 Å². The van der Waals surface area contributed by atoms with E-state index in [0.717, 1.165) is 0 Å². The minimum atomic E-state index is -3.79. The van der Waals surface area contributed by atoms with Crippen molar-refractivity contribution in [2.75, 3.05) is 29.9 Å². The monoisotopic (exact) mass is 432 g/mol. The summed E-state index contributed by atoms with van der Waals surface area (Å²) >= 11 is 0. The van der Waals surface area contributed by atoms with Gasteiger partial charge in [-0.3, -0.25) is 9.52 Å². The van der Waals surface area contributed by atoms with Crippen LogP contribution in [-0.2, 0) is 14.8 Å². The Morgan fingerprint density at radius 1 is 1.17 bits per heavy atom. The number of nitrogens with zero attached hydrogens (tertiary/aromatic N) is 1. The van der Waals surface area contributed by atoms with Gasteiger partial charge in [-0.25, -0.2) is 8.42 Å². The molecule has 0 saturated heterocycles. The van der Waals surface area contributed by atoms with E-state index in [-0.39, 0.29) is 17.4 Å². The summed E-state index contributed by atoms with van der Waals surface area (Å²) < 4.78 is 39.5. The van der Waals surface area contributed by atoms with Crippen molar-refractivity contribution in [3.63, 3.8) is 0 Å². The zero-order valence-corrected chi connectivity index (χ0v) is 18.7. The summed E-state index contributed by atoms with van der Waals surface area (Å²) in [5.74, 6) is 1.39. The van der Waals surface area contributed by atoms with E-state index >= 15 is 0 Å². The van der Waals surface area contributed by atoms with Crippen molar-refractivity contribution in [3.8, 4) is 11.5 Å². The molecule has 0 spiro atoms. The van der Waals surface area contributed by atoms with Gasteiger partial charge in [0.2, 0.25) is 5.91 Å². The van der Waals surface area contributed by atoms with E-state index in [4.69, 9.17) is 9.47 Å². The molecule has 1 amide bonds. The molecule has 0 atom stereocenters. The molecule has 0 unspecified atom stereocenters. The molecule has 1 aliphatic rings. The Bertz CT molecular complexity index is 1030. The van der Waals surface area contributed by atoms with Gasteiger partial charge in [-0.15, -0.1) is 0 Å². The molecule has 1 N–H and O–H groups in total. The van der Waals surface area contributed by atoms with Gasteiger partial charge in [0.15, 0.2) is 0 Å². The second-order valence-corrected chi connectivity index (χ2v) is 10.2. The number of ether oxygens (including phenoxy) is 2. The van der Waals surface area contributed by atoms with Gasteiger partial charge in [0.25, 0.3) is 10.0 Å². The first-order valence-corrected chi connectivity index (χ1v) is 11.3. The summed E-state index contributed by atoms with van der Waals surface area (Å²) in [6, 6.07) is 11.2. The number of amides is 1. The highest BCUT2D eigenvalue weighted by Gasteiger charge is 2.36. The molecule has 1 aliphatic heterocycles. The summed E-state index contributed by atoms with van der Waals surface area (Å²) in [7, 11) is -2.10. The Balaban J connectivity index is 1.80. The first-order valence-electron chi connectivity index (χ1n) is 9.80. The molecule has 0 fully saturated rings. The maximum absolute atomic E-state index is 12.8. The summed E-state index contributed by atoms with van der Waals surface area (Å²) in [6.45, 7) is 8.49. The lowest BCUT2D eigenvalue weighted by atomic mass is 9.93. The average molecular weight is 433 g/mol. The van der Waals surface area contributed by atoms with Gasteiger partial charge in [0.05, 0.1) is 28.3 Å². The molecular formula is C22H28N2O5S. The zero-order chi connectivity index (χ0) is 22.1. The number of rotatable bonds is 6. The van der Waals surface area contributed by atoms with Crippen LogP contribution >= 0.6 is 0 Å². The largest absolute Gasteiger partial charge is 0.493 e. The Morgan fingerprint density at radius 2 is 1.83 bits per heavy atom. The number of fused-ring (bicyclic) bond motifs is 1. The van der Waals surface area contributed by atoms with Gasteiger partial charge < -0.3 is 14.4 Å². The van der Waals surface area contributed by atoms with Crippen LogP contribution in [0.5, 0.6) is 11.5 Å². The van der Waals surface area contributed by atoms with Crippen LogP contribution in [0.3, 0.4) is 0 Å². The third-order valence-corrected chi connectivity index (χ3v) is 6.16. The third-order valence-electron chi connectivity index (χ3n) is 4.76. The van der Waals surface area contributed by atoms with Crippen molar-refractivity contribution in [1.82, 2.24) is 0 Å². The smallest absolute Gasteiger partial charge is 0.261 e. The minimum Gasteiger partial charge on any atom is -0.493 e. The predicted molar refractivity (Wildman–Crippen MR) is 117 cm³/mol. The lowest BCUT2D eigenvalue weighted by Gasteiger charge is -2.24. The van der Waals surface area contributed by atoms with Gasteiger partial charge >= 0.3 is 0 Å². The molecule has 0 bridgehead atoms. The molecule has 3 rings (SSSR count). The molecule has 1 heterocycles. The van der Waals surface area contributed by atoms with Crippen molar-refractivity contribution < 1.29 is 22.7 Å². The van der Waals surface area contributed by atoms with Gasteiger partial charge in [0, 0.05) is 13.1 Å². The lowest BCUT2D eigenvalue weighted by Crippen LogP contribution is -2.39. The number of sulfonamides is 1. The van der Waals surface area contributed by atoms with Crippen molar-refractivity contribution in [3.05, 3.63) is 42.5 Å². The van der Waals surface area contributed by atoms with E-state index in [1.165, 1.54) is 17.0 Å². The normalized spacial score (nSPS) is 15.9. The number of carbonyl (C=O) groups excluding carboxylic acids is 1. The highest BCUT2D eigenvalue weighted by atomic mass is 32.2. The highest BCUT2D eigenvalue weighted by Crippen LogP contribution is 2.37. The molecule has 0 aliphatic carbocycles. The number of anilines is 2. The van der Waals surface area contributed by atoms with Crippen LogP contribution in [0.15, 0.2) is 47.4 Å². The molecule has 2 aromatic rings. The fraction of sp³-hybridized carbons (Fsp3) is 0.409. The maximum atomic E-state index is 12.8. The van der Waals surface area contributed by atoms with Crippen LogP contribution in [0.4, 0.5) is 11.4 Å². The molecule has 30 heavy (non-hydrogen) atoms. The lowest BCUT2D eigenvalue weighted by molar-refractivity contribution is -0.127. The number of benzene rings is 2. The topological polar surface area (TPSA) is 84.9 Å². The first kappa shape index (κ1) is 22.0. The van der Waals surface area contributed by atoms with Crippen molar-refractivity contribution in [1.29, 1.82) is 0 Å². The molecule has 0 saturated carbocycles. The summed E-state index contributed by atoms with van der Waals surface area (Å²) in [5.41, 5.74) is 0.280. The quantitative estimate of drug-likeness (QED) is 0.748. The highest BCUT2D eigenvalue weighted by molar-refractivity contribution is 7.92. The van der Waals surface area contributed by atoms with E-state index in [1.54, 1.807) is 37.4 Å². The molecule has 0 aromatic heterocycles.